The van der Waals surface area contributed by atoms with Crippen molar-refractivity contribution in [2.24, 2.45) is 0 Å². The second kappa shape index (κ2) is 45.3. The fraction of sp³-hybridized carbons (Fsp3) is 0.938. The van der Waals surface area contributed by atoms with Crippen molar-refractivity contribution in [3.63, 3.8) is 0 Å². The third-order valence-corrected chi connectivity index (χ3v) is 17.6. The Morgan fingerprint density at radius 1 is 0.438 bits per heavy atom. The van der Waals surface area contributed by atoms with E-state index >= 15 is 0 Å². The maximum absolute atomic E-state index is 13.4. The molecule has 0 aromatic heterocycles. The maximum Gasteiger partial charge on any atom is 0.220 e. The Labute approximate surface area is 528 Å². The van der Waals surface area contributed by atoms with E-state index in [1.807, 2.05) is 6.08 Å². The van der Waals surface area contributed by atoms with Crippen LogP contribution >= 0.6 is 0 Å². The monoisotopic (exact) mass is 1280 g/mol. The first-order chi connectivity index (χ1) is 43.0. The Kier molecular flexibility index (Phi) is 40.3. The third kappa shape index (κ3) is 27.2. The lowest BCUT2D eigenvalue weighted by atomic mass is 9.95. The molecule has 25 heteroatoms. The number of allylic oxidation sites excluding steroid dienone is 1. The molecule has 2 amide bonds. The number of carbonyl (C=O) groups is 2. The molecule has 4 saturated heterocycles. The van der Waals surface area contributed by atoms with Gasteiger partial charge in [0.25, 0.3) is 0 Å². The minimum atomic E-state index is -2.09. The van der Waals surface area contributed by atoms with Crippen molar-refractivity contribution in [1.29, 1.82) is 0 Å². The third-order valence-electron chi connectivity index (χ3n) is 17.6. The van der Waals surface area contributed by atoms with Crippen LogP contribution in [0.4, 0.5) is 0 Å². The maximum atomic E-state index is 13.4. The van der Waals surface area contributed by atoms with Gasteiger partial charge < -0.3 is 115 Å². The zero-order valence-electron chi connectivity index (χ0n) is 53.5. The molecule has 4 heterocycles. The van der Waals surface area contributed by atoms with Gasteiger partial charge in [-0.1, -0.05) is 193 Å². The number of ether oxygens (including phenoxy) is 8. The van der Waals surface area contributed by atoms with E-state index in [2.05, 4.69) is 24.5 Å². The lowest BCUT2D eigenvalue weighted by Gasteiger charge is -2.49. The van der Waals surface area contributed by atoms with E-state index in [0.29, 0.717) is 12.8 Å². The van der Waals surface area contributed by atoms with Gasteiger partial charge in [0.15, 0.2) is 25.2 Å². The van der Waals surface area contributed by atoms with E-state index in [4.69, 9.17) is 37.9 Å². The van der Waals surface area contributed by atoms with Crippen LogP contribution in [-0.2, 0) is 47.5 Å². The fourth-order valence-electron chi connectivity index (χ4n) is 12.1. The Balaban J connectivity index is 1.32. The highest BCUT2D eigenvalue weighted by molar-refractivity contribution is 5.76. The summed E-state index contributed by atoms with van der Waals surface area (Å²) in [7, 11) is 0. The topological polar surface area (TPSA) is 395 Å². The summed E-state index contributed by atoms with van der Waals surface area (Å²) in [5.74, 6) is -1.00. The minimum Gasteiger partial charge on any atom is -0.394 e. The molecular weight excluding hydrogens is 1160 g/mol. The molecule has 0 spiro atoms. The van der Waals surface area contributed by atoms with Crippen LogP contribution in [0.25, 0.3) is 0 Å². The highest BCUT2D eigenvalue weighted by Crippen LogP contribution is 2.35. The number of aliphatic hydroxyl groups excluding tert-OH is 13. The first-order valence-corrected chi connectivity index (χ1v) is 33.9. The SMILES string of the molecule is CCCCCCCCCCCCCC=CC(O)C(COC1OC(CO)C(OC2OC(CO)C(OC3OC(CO)C(O)C(OC4OC(CO)C(O)C(O)C4NC(C)=O)C3O)C(O)C2O)C(O)C1O)NC(=O)CCCCCCCCCCCCCCCCCCC. The second-order valence-electron chi connectivity index (χ2n) is 25.0. The first kappa shape index (κ1) is 79.3. The standard InChI is InChI=1S/C64H118N2O23/c1-4-6-8-10-12-14-16-18-19-20-21-23-25-27-29-31-33-35-48(73)66-42(43(72)34-32-30-28-26-24-22-17-15-13-11-9-7-5-2)40-82-62-55(79)53(77)58(46(38-69)85-62)87-63-56(80)54(78)59(47(39-70)86-63)88-64-57(81)60(51(75)45(37-68)84-64)89-61-49(65-41(3)71)52(76)50(74)44(36-67)83-61/h32,34,42-47,49-64,67-70,72,74-81H,4-31,33,35-40H2,1-3H3,(H,65,71)(H,66,73). The van der Waals surface area contributed by atoms with Crippen molar-refractivity contribution in [3.8, 4) is 0 Å². The molecule has 22 atom stereocenters. The van der Waals surface area contributed by atoms with Crippen LogP contribution in [0.3, 0.4) is 0 Å². The average Bonchev–Trinajstić information content (AvgIpc) is 1.31. The van der Waals surface area contributed by atoms with Crippen LogP contribution in [0.1, 0.15) is 213 Å². The molecule has 0 saturated carbocycles. The van der Waals surface area contributed by atoms with Gasteiger partial charge in [0.2, 0.25) is 11.8 Å². The summed E-state index contributed by atoms with van der Waals surface area (Å²) >= 11 is 0. The fourth-order valence-corrected chi connectivity index (χ4v) is 12.1. The van der Waals surface area contributed by atoms with Gasteiger partial charge in [-0.25, -0.2) is 0 Å². The van der Waals surface area contributed by atoms with E-state index < -0.39 is 174 Å². The van der Waals surface area contributed by atoms with E-state index in [1.165, 1.54) is 128 Å². The van der Waals surface area contributed by atoms with Crippen molar-refractivity contribution >= 4 is 11.8 Å². The minimum absolute atomic E-state index is 0.218. The highest BCUT2D eigenvalue weighted by atomic mass is 16.8. The lowest BCUT2D eigenvalue weighted by molar-refractivity contribution is -0.386. The van der Waals surface area contributed by atoms with Crippen LogP contribution < -0.4 is 10.6 Å². The van der Waals surface area contributed by atoms with Crippen molar-refractivity contribution < 1.29 is 114 Å². The molecule has 15 N–H and O–H groups in total. The van der Waals surface area contributed by atoms with E-state index in [9.17, 15) is 76.0 Å². The molecular formula is C64H118N2O23. The summed E-state index contributed by atoms with van der Waals surface area (Å²) in [5.41, 5.74) is 0. The number of rotatable bonds is 47. The van der Waals surface area contributed by atoms with Crippen LogP contribution in [0.5, 0.6) is 0 Å². The molecule has 4 aliphatic heterocycles. The lowest BCUT2D eigenvalue weighted by Crippen LogP contribution is -2.69. The van der Waals surface area contributed by atoms with Gasteiger partial charge in [0, 0.05) is 13.3 Å². The predicted molar refractivity (Wildman–Crippen MR) is 326 cm³/mol. The summed E-state index contributed by atoms with van der Waals surface area (Å²) in [5, 5.41) is 147. The summed E-state index contributed by atoms with van der Waals surface area (Å²) in [6.45, 7) is 1.63. The van der Waals surface area contributed by atoms with Crippen molar-refractivity contribution in [2.45, 2.75) is 348 Å². The van der Waals surface area contributed by atoms with Gasteiger partial charge >= 0.3 is 0 Å². The molecule has 0 radical (unpaired) electrons. The molecule has 22 unspecified atom stereocenters. The number of aliphatic hydroxyl groups is 13. The summed E-state index contributed by atoms with van der Waals surface area (Å²) < 4.78 is 46.4. The predicted octanol–water partition coefficient (Wildman–Crippen LogP) is 2.56. The number of unbranched alkanes of at least 4 members (excludes halogenated alkanes) is 27. The van der Waals surface area contributed by atoms with Crippen LogP contribution in [-0.4, -0.2) is 246 Å². The summed E-state index contributed by atoms with van der Waals surface area (Å²) in [4.78, 5) is 25.5. The molecule has 4 aliphatic rings. The van der Waals surface area contributed by atoms with E-state index in [1.54, 1.807) is 6.08 Å². The second-order valence-corrected chi connectivity index (χ2v) is 25.0. The quantitative estimate of drug-likeness (QED) is 0.0307. The van der Waals surface area contributed by atoms with Gasteiger partial charge in [0.1, 0.15) is 97.6 Å². The Morgan fingerprint density at radius 2 is 0.820 bits per heavy atom. The van der Waals surface area contributed by atoms with Crippen molar-refractivity contribution in [3.05, 3.63) is 12.2 Å². The largest absolute Gasteiger partial charge is 0.394 e. The van der Waals surface area contributed by atoms with Gasteiger partial charge in [-0.3, -0.25) is 9.59 Å². The molecule has 0 aromatic rings. The Hall–Kier alpha value is -2.16. The zero-order chi connectivity index (χ0) is 65.1. The number of carbonyl (C=O) groups excluding carboxylic acids is 2. The summed E-state index contributed by atoms with van der Waals surface area (Å²) in [6, 6.07) is -2.53. The van der Waals surface area contributed by atoms with Gasteiger partial charge in [0.05, 0.1) is 45.2 Å². The molecule has 0 bridgehead atoms. The first-order valence-electron chi connectivity index (χ1n) is 33.9. The molecule has 25 nitrogen and oxygen atoms in total. The number of nitrogens with one attached hydrogen (secondary N) is 2. The molecule has 0 aliphatic carbocycles. The molecule has 4 fully saturated rings. The van der Waals surface area contributed by atoms with E-state index in [0.717, 1.165) is 51.9 Å². The summed E-state index contributed by atoms with van der Waals surface area (Å²) in [6.07, 6.45) is 2.79. The molecule has 0 aromatic carbocycles. The number of hydrogen-bond donors (Lipinski definition) is 15. The van der Waals surface area contributed by atoms with Gasteiger partial charge in [-0.15, -0.1) is 0 Å². The highest BCUT2D eigenvalue weighted by Gasteiger charge is 2.56. The Bertz CT molecular complexity index is 1860. The van der Waals surface area contributed by atoms with Crippen LogP contribution in [0, 0.1) is 0 Å². The van der Waals surface area contributed by atoms with Crippen LogP contribution in [0.2, 0.25) is 0 Å². The smallest absolute Gasteiger partial charge is 0.220 e. The van der Waals surface area contributed by atoms with Crippen molar-refractivity contribution in [1.82, 2.24) is 10.6 Å². The normalized spacial score (nSPS) is 33.3. The van der Waals surface area contributed by atoms with E-state index in [-0.39, 0.29) is 12.3 Å². The average molecular weight is 1280 g/mol. The van der Waals surface area contributed by atoms with Gasteiger partial charge in [-0.05, 0) is 19.3 Å². The number of hydrogen-bond acceptors (Lipinski definition) is 23. The number of amides is 2. The molecule has 89 heavy (non-hydrogen) atoms. The van der Waals surface area contributed by atoms with Crippen LogP contribution in [0.15, 0.2) is 12.2 Å². The Morgan fingerprint density at radius 3 is 1.28 bits per heavy atom. The zero-order valence-corrected chi connectivity index (χ0v) is 53.5. The van der Waals surface area contributed by atoms with Gasteiger partial charge in [-0.2, -0.15) is 0 Å². The molecule has 4 rings (SSSR count). The molecule has 522 valence electrons. The van der Waals surface area contributed by atoms with Crippen molar-refractivity contribution in [2.75, 3.05) is 33.0 Å².